The standard InChI is InChI=1S/C14H24O3/c1-4-6-7-8-9-10-11-13(12(3)15)14(16)17-5-2/h9-10,13H,4-8,11H2,1-3H3/b10-9+. The predicted molar refractivity (Wildman–Crippen MR) is 68.7 cm³/mol. The van der Waals surface area contributed by atoms with Crippen molar-refractivity contribution in [3.05, 3.63) is 12.2 Å². The van der Waals surface area contributed by atoms with Gasteiger partial charge in [0.2, 0.25) is 0 Å². The molecule has 0 saturated carbocycles. The quantitative estimate of drug-likeness (QED) is 0.269. The topological polar surface area (TPSA) is 43.4 Å². The van der Waals surface area contributed by atoms with Gasteiger partial charge in [-0.1, -0.05) is 31.9 Å². The largest absolute Gasteiger partial charge is 0.465 e. The van der Waals surface area contributed by atoms with Crippen molar-refractivity contribution in [2.45, 2.75) is 52.9 Å². The van der Waals surface area contributed by atoms with Crippen molar-refractivity contribution < 1.29 is 14.3 Å². The Bertz CT molecular complexity index is 256. The number of Topliss-reactive ketones (excluding diaryl/α,β-unsaturated/α-hetero) is 1. The van der Waals surface area contributed by atoms with Gasteiger partial charge in [0.25, 0.3) is 0 Å². The second-order valence-corrected chi connectivity index (χ2v) is 4.12. The van der Waals surface area contributed by atoms with Gasteiger partial charge in [0.15, 0.2) is 0 Å². The maximum absolute atomic E-state index is 11.5. The Kier molecular flexibility index (Phi) is 9.40. The Morgan fingerprint density at radius 3 is 2.41 bits per heavy atom. The number of unbranched alkanes of at least 4 members (excludes halogenated alkanes) is 3. The molecule has 0 aromatic heterocycles. The van der Waals surface area contributed by atoms with Crippen LogP contribution >= 0.6 is 0 Å². The minimum atomic E-state index is -0.627. The molecule has 0 radical (unpaired) electrons. The predicted octanol–water partition coefficient (Wildman–Crippen LogP) is 3.28. The summed E-state index contributed by atoms with van der Waals surface area (Å²) in [5.74, 6) is -1.16. The molecule has 0 spiro atoms. The molecule has 0 amide bonds. The highest BCUT2D eigenvalue weighted by Gasteiger charge is 2.22. The fourth-order valence-corrected chi connectivity index (χ4v) is 1.53. The van der Waals surface area contributed by atoms with E-state index in [1.165, 1.54) is 19.8 Å². The van der Waals surface area contributed by atoms with Crippen LogP contribution in [-0.2, 0) is 14.3 Å². The number of ether oxygens (including phenoxy) is 1. The zero-order valence-corrected chi connectivity index (χ0v) is 11.2. The Labute approximate surface area is 104 Å². The first kappa shape index (κ1) is 15.9. The lowest BCUT2D eigenvalue weighted by Crippen LogP contribution is -2.23. The van der Waals surface area contributed by atoms with Crippen molar-refractivity contribution in [3.8, 4) is 0 Å². The molecule has 0 aromatic carbocycles. The van der Waals surface area contributed by atoms with Crippen LogP contribution in [0, 0.1) is 5.92 Å². The van der Waals surface area contributed by atoms with Gasteiger partial charge in [0.1, 0.15) is 11.7 Å². The second kappa shape index (κ2) is 10.1. The SMILES string of the molecule is CCCCC/C=C/CC(C(C)=O)C(=O)OCC. The summed E-state index contributed by atoms with van der Waals surface area (Å²) in [5.41, 5.74) is 0. The fourth-order valence-electron chi connectivity index (χ4n) is 1.53. The third-order valence-corrected chi connectivity index (χ3v) is 2.57. The summed E-state index contributed by atoms with van der Waals surface area (Å²) in [4.78, 5) is 22.8. The number of rotatable bonds is 9. The van der Waals surface area contributed by atoms with E-state index in [0.717, 1.165) is 12.8 Å². The molecule has 0 heterocycles. The fraction of sp³-hybridized carbons (Fsp3) is 0.714. The molecular weight excluding hydrogens is 216 g/mol. The molecule has 3 nitrogen and oxygen atoms in total. The van der Waals surface area contributed by atoms with Gasteiger partial charge in [-0.3, -0.25) is 9.59 Å². The second-order valence-electron chi connectivity index (χ2n) is 4.12. The van der Waals surface area contributed by atoms with E-state index in [9.17, 15) is 9.59 Å². The Morgan fingerprint density at radius 2 is 1.88 bits per heavy atom. The van der Waals surface area contributed by atoms with Crippen LogP contribution in [0.25, 0.3) is 0 Å². The normalized spacial score (nSPS) is 12.6. The maximum Gasteiger partial charge on any atom is 0.316 e. The van der Waals surface area contributed by atoms with E-state index in [4.69, 9.17) is 4.74 Å². The van der Waals surface area contributed by atoms with E-state index in [-0.39, 0.29) is 5.78 Å². The van der Waals surface area contributed by atoms with Crippen LogP contribution in [0.15, 0.2) is 12.2 Å². The molecule has 1 unspecified atom stereocenters. The van der Waals surface area contributed by atoms with Gasteiger partial charge in [-0.15, -0.1) is 0 Å². The van der Waals surface area contributed by atoms with E-state index in [1.54, 1.807) is 6.92 Å². The molecule has 1 atom stereocenters. The lowest BCUT2D eigenvalue weighted by atomic mass is 10.0. The number of allylic oxidation sites excluding steroid dienone is 2. The van der Waals surface area contributed by atoms with Crippen LogP contribution < -0.4 is 0 Å². The summed E-state index contributed by atoms with van der Waals surface area (Å²) < 4.78 is 4.87. The Balaban J connectivity index is 4.01. The Hall–Kier alpha value is -1.12. The van der Waals surface area contributed by atoms with E-state index < -0.39 is 11.9 Å². The first-order chi connectivity index (χ1) is 8.13. The average Bonchev–Trinajstić information content (AvgIpc) is 2.27. The molecule has 0 aliphatic rings. The molecular formula is C14H24O3. The van der Waals surface area contributed by atoms with Crippen LogP contribution in [0.1, 0.15) is 52.9 Å². The number of hydrogen-bond donors (Lipinski definition) is 0. The Morgan fingerprint density at radius 1 is 1.18 bits per heavy atom. The third kappa shape index (κ3) is 7.72. The van der Waals surface area contributed by atoms with E-state index >= 15 is 0 Å². The molecule has 3 heteroatoms. The van der Waals surface area contributed by atoms with Crippen molar-refractivity contribution in [1.82, 2.24) is 0 Å². The molecule has 0 bridgehead atoms. The summed E-state index contributed by atoms with van der Waals surface area (Å²) in [6.45, 7) is 5.67. The highest BCUT2D eigenvalue weighted by atomic mass is 16.5. The van der Waals surface area contributed by atoms with E-state index in [2.05, 4.69) is 6.92 Å². The van der Waals surface area contributed by atoms with Gasteiger partial charge in [0.05, 0.1) is 6.61 Å². The monoisotopic (exact) mass is 240 g/mol. The average molecular weight is 240 g/mol. The lowest BCUT2D eigenvalue weighted by Gasteiger charge is -2.09. The van der Waals surface area contributed by atoms with E-state index in [1.807, 2.05) is 12.2 Å². The number of esters is 1. The van der Waals surface area contributed by atoms with Crippen molar-refractivity contribution in [2.24, 2.45) is 5.92 Å². The van der Waals surface area contributed by atoms with Gasteiger partial charge in [-0.05, 0) is 33.1 Å². The summed E-state index contributed by atoms with van der Waals surface area (Å²) in [7, 11) is 0. The summed E-state index contributed by atoms with van der Waals surface area (Å²) in [5, 5.41) is 0. The summed E-state index contributed by atoms with van der Waals surface area (Å²) >= 11 is 0. The van der Waals surface area contributed by atoms with Crippen molar-refractivity contribution in [3.63, 3.8) is 0 Å². The molecule has 98 valence electrons. The van der Waals surface area contributed by atoms with Gasteiger partial charge < -0.3 is 4.74 Å². The number of carbonyl (C=O) groups excluding carboxylic acids is 2. The molecule has 0 aliphatic heterocycles. The first-order valence-electron chi connectivity index (χ1n) is 6.45. The molecule has 0 fully saturated rings. The molecule has 0 rings (SSSR count). The minimum absolute atomic E-state index is 0.123. The molecule has 0 aromatic rings. The van der Waals surface area contributed by atoms with Crippen LogP contribution in [-0.4, -0.2) is 18.4 Å². The van der Waals surface area contributed by atoms with Crippen LogP contribution in [0.2, 0.25) is 0 Å². The number of hydrogen-bond acceptors (Lipinski definition) is 3. The zero-order valence-electron chi connectivity index (χ0n) is 11.2. The third-order valence-electron chi connectivity index (χ3n) is 2.57. The molecule has 0 aliphatic carbocycles. The van der Waals surface area contributed by atoms with Gasteiger partial charge in [-0.2, -0.15) is 0 Å². The van der Waals surface area contributed by atoms with Crippen molar-refractivity contribution >= 4 is 11.8 Å². The van der Waals surface area contributed by atoms with Crippen LogP contribution in [0.4, 0.5) is 0 Å². The van der Waals surface area contributed by atoms with Crippen molar-refractivity contribution in [1.29, 1.82) is 0 Å². The van der Waals surface area contributed by atoms with Crippen molar-refractivity contribution in [2.75, 3.05) is 6.61 Å². The van der Waals surface area contributed by atoms with Gasteiger partial charge in [0, 0.05) is 0 Å². The summed E-state index contributed by atoms with van der Waals surface area (Å²) in [6, 6.07) is 0. The van der Waals surface area contributed by atoms with Crippen LogP contribution in [0.5, 0.6) is 0 Å². The minimum Gasteiger partial charge on any atom is -0.465 e. The summed E-state index contributed by atoms with van der Waals surface area (Å²) in [6.07, 6.45) is 9.02. The van der Waals surface area contributed by atoms with Gasteiger partial charge >= 0.3 is 5.97 Å². The molecule has 17 heavy (non-hydrogen) atoms. The maximum atomic E-state index is 11.5. The van der Waals surface area contributed by atoms with Gasteiger partial charge in [-0.25, -0.2) is 0 Å². The smallest absolute Gasteiger partial charge is 0.316 e. The molecule has 0 N–H and O–H groups in total. The lowest BCUT2D eigenvalue weighted by molar-refractivity contribution is -0.150. The number of carbonyl (C=O) groups is 2. The van der Waals surface area contributed by atoms with Crippen LogP contribution in [0.3, 0.4) is 0 Å². The number of ketones is 1. The van der Waals surface area contributed by atoms with E-state index in [0.29, 0.717) is 13.0 Å². The molecule has 0 saturated heterocycles. The zero-order chi connectivity index (χ0) is 13.1. The highest BCUT2D eigenvalue weighted by molar-refractivity contribution is 5.97. The first-order valence-corrected chi connectivity index (χ1v) is 6.45. The highest BCUT2D eigenvalue weighted by Crippen LogP contribution is 2.09.